The third-order valence-electron chi connectivity index (χ3n) is 2.45. The lowest BCUT2D eigenvalue weighted by molar-refractivity contribution is 0.171. The van der Waals surface area contributed by atoms with Gasteiger partial charge in [0.25, 0.3) is 0 Å². The van der Waals surface area contributed by atoms with E-state index in [2.05, 4.69) is 4.72 Å². The van der Waals surface area contributed by atoms with Crippen LogP contribution in [0.5, 0.6) is 11.5 Å². The lowest BCUT2D eigenvalue weighted by Gasteiger charge is -2.19. The summed E-state index contributed by atoms with van der Waals surface area (Å²) in [6, 6.07) is 6.41. The molecule has 1 aliphatic rings. The Kier molecular flexibility index (Phi) is 3.30. The van der Waals surface area contributed by atoms with Crippen LogP contribution in [0.3, 0.4) is 0 Å². The van der Waals surface area contributed by atoms with Gasteiger partial charge in [0, 0.05) is 6.07 Å². The van der Waals surface area contributed by atoms with Gasteiger partial charge in [0.05, 0.1) is 11.8 Å². The molecule has 0 spiro atoms. The summed E-state index contributed by atoms with van der Waals surface area (Å²) in [7, 11) is -3.70. The average molecular weight is 268 g/mol. The predicted octanol–water partition coefficient (Wildman–Crippen LogP) is 1.11. The van der Waals surface area contributed by atoms with E-state index in [1.165, 1.54) is 13.0 Å². The second kappa shape index (κ2) is 4.74. The summed E-state index contributed by atoms with van der Waals surface area (Å²) in [4.78, 5) is 0. The van der Waals surface area contributed by atoms with E-state index >= 15 is 0 Å². The molecule has 0 saturated carbocycles. The summed E-state index contributed by atoms with van der Waals surface area (Å²) >= 11 is 0. The number of hydrogen-bond donors (Lipinski definition) is 1. The molecule has 0 aliphatic carbocycles. The van der Waals surface area contributed by atoms with Crippen molar-refractivity contribution < 1.29 is 17.9 Å². The van der Waals surface area contributed by atoms with E-state index in [4.69, 9.17) is 14.7 Å². The fourth-order valence-electron chi connectivity index (χ4n) is 1.43. The highest BCUT2D eigenvalue weighted by Crippen LogP contribution is 2.32. The average Bonchev–Trinajstić information content (AvgIpc) is 2.37. The largest absolute Gasteiger partial charge is 0.486 e. The summed E-state index contributed by atoms with van der Waals surface area (Å²) in [6.45, 7) is 2.22. The molecule has 6 nitrogen and oxygen atoms in total. The number of rotatable bonds is 3. The molecular weight excluding hydrogens is 256 g/mol. The third-order valence-corrected chi connectivity index (χ3v) is 4.01. The lowest BCUT2D eigenvalue weighted by Crippen LogP contribution is -2.24. The van der Waals surface area contributed by atoms with E-state index in [0.29, 0.717) is 30.4 Å². The summed E-state index contributed by atoms with van der Waals surface area (Å²) in [5.41, 5.74) is 0.348. The molecule has 7 heteroatoms. The zero-order valence-electron chi connectivity index (χ0n) is 9.71. The van der Waals surface area contributed by atoms with Crippen LogP contribution >= 0.6 is 0 Å². The van der Waals surface area contributed by atoms with Crippen molar-refractivity contribution in [2.45, 2.75) is 12.2 Å². The van der Waals surface area contributed by atoms with Gasteiger partial charge in [-0.05, 0) is 19.1 Å². The number of anilines is 1. The molecule has 96 valence electrons. The van der Waals surface area contributed by atoms with Crippen molar-refractivity contribution in [1.29, 1.82) is 5.26 Å². The van der Waals surface area contributed by atoms with Crippen molar-refractivity contribution >= 4 is 15.7 Å². The van der Waals surface area contributed by atoms with Crippen molar-refractivity contribution in [2.75, 3.05) is 17.9 Å². The smallest absolute Gasteiger partial charge is 0.248 e. The van der Waals surface area contributed by atoms with E-state index in [-0.39, 0.29) is 0 Å². The number of ether oxygens (including phenoxy) is 2. The van der Waals surface area contributed by atoms with Gasteiger partial charge in [0.1, 0.15) is 13.2 Å². The van der Waals surface area contributed by atoms with Crippen LogP contribution in [0.1, 0.15) is 6.92 Å². The molecule has 1 aromatic rings. The van der Waals surface area contributed by atoms with Crippen molar-refractivity contribution in [3.8, 4) is 17.6 Å². The van der Waals surface area contributed by atoms with Gasteiger partial charge in [-0.3, -0.25) is 4.72 Å². The monoisotopic (exact) mass is 268 g/mol. The van der Waals surface area contributed by atoms with Gasteiger partial charge >= 0.3 is 0 Å². The zero-order valence-corrected chi connectivity index (χ0v) is 10.5. The predicted molar refractivity (Wildman–Crippen MR) is 65.0 cm³/mol. The molecule has 1 aromatic carbocycles. The minimum atomic E-state index is -3.70. The maximum atomic E-state index is 11.7. The van der Waals surface area contributed by atoms with Crippen LogP contribution in [0.2, 0.25) is 0 Å². The first kappa shape index (κ1) is 12.5. The summed E-state index contributed by atoms with van der Waals surface area (Å²) in [6.07, 6.45) is 0. The molecule has 0 aromatic heterocycles. The molecule has 1 heterocycles. The third kappa shape index (κ3) is 2.49. The van der Waals surface area contributed by atoms with Crippen molar-refractivity contribution in [3.63, 3.8) is 0 Å². The normalized spacial score (nSPS) is 15.6. The van der Waals surface area contributed by atoms with Gasteiger partial charge in [-0.25, -0.2) is 8.42 Å². The molecule has 0 radical (unpaired) electrons. The van der Waals surface area contributed by atoms with Crippen LogP contribution in [-0.2, 0) is 10.0 Å². The molecule has 1 N–H and O–H groups in total. The molecule has 2 rings (SSSR count). The lowest BCUT2D eigenvalue weighted by atomic mass is 10.3. The van der Waals surface area contributed by atoms with Crippen molar-refractivity contribution in [2.24, 2.45) is 0 Å². The number of hydrogen-bond acceptors (Lipinski definition) is 5. The Hall–Kier alpha value is -1.94. The molecule has 0 fully saturated rings. The van der Waals surface area contributed by atoms with Crippen molar-refractivity contribution in [1.82, 2.24) is 0 Å². The number of nitriles is 1. The Balaban J connectivity index is 2.23. The first-order valence-corrected chi connectivity index (χ1v) is 6.88. The van der Waals surface area contributed by atoms with Crippen LogP contribution in [-0.4, -0.2) is 26.9 Å². The number of nitrogens with one attached hydrogen (secondary N) is 1. The molecule has 18 heavy (non-hydrogen) atoms. The number of sulfonamides is 1. The van der Waals surface area contributed by atoms with Gasteiger partial charge in [-0.1, -0.05) is 0 Å². The van der Waals surface area contributed by atoms with Gasteiger partial charge in [0.2, 0.25) is 10.0 Å². The van der Waals surface area contributed by atoms with E-state index in [1.807, 2.05) is 0 Å². The summed E-state index contributed by atoms with van der Waals surface area (Å²) in [5, 5.41) is 7.51. The van der Waals surface area contributed by atoms with Gasteiger partial charge in [-0.15, -0.1) is 0 Å². The Labute approximate surface area is 105 Å². The minimum Gasteiger partial charge on any atom is -0.486 e. The molecule has 1 unspecified atom stereocenters. The quantitative estimate of drug-likeness (QED) is 0.887. The highest BCUT2D eigenvalue weighted by molar-refractivity contribution is 7.93. The maximum absolute atomic E-state index is 11.7. The van der Waals surface area contributed by atoms with Crippen molar-refractivity contribution in [3.05, 3.63) is 18.2 Å². The fourth-order valence-corrected chi connectivity index (χ4v) is 2.20. The van der Waals surface area contributed by atoms with Crippen LogP contribution in [0.15, 0.2) is 18.2 Å². The second-order valence-corrected chi connectivity index (χ2v) is 5.78. The first-order valence-electron chi connectivity index (χ1n) is 5.34. The maximum Gasteiger partial charge on any atom is 0.248 e. The second-order valence-electron chi connectivity index (χ2n) is 3.78. The molecule has 1 aliphatic heterocycles. The minimum absolute atomic E-state index is 0.348. The topological polar surface area (TPSA) is 88.4 Å². The molecule has 0 saturated heterocycles. The molecule has 1 atom stereocenters. The van der Waals surface area contributed by atoms with Crippen LogP contribution in [0.25, 0.3) is 0 Å². The van der Waals surface area contributed by atoms with Gasteiger partial charge < -0.3 is 9.47 Å². The van der Waals surface area contributed by atoms with Gasteiger partial charge in [-0.2, -0.15) is 5.26 Å². The molecule has 0 amide bonds. The van der Waals surface area contributed by atoms with E-state index in [1.54, 1.807) is 18.2 Å². The number of benzene rings is 1. The summed E-state index contributed by atoms with van der Waals surface area (Å²) < 4.78 is 36.4. The first-order chi connectivity index (χ1) is 8.53. The van der Waals surface area contributed by atoms with Crippen LogP contribution in [0.4, 0.5) is 5.69 Å². The van der Waals surface area contributed by atoms with Gasteiger partial charge in [0.15, 0.2) is 16.7 Å². The van der Waals surface area contributed by atoms with Crippen LogP contribution < -0.4 is 14.2 Å². The number of nitrogens with zero attached hydrogens (tertiary/aromatic N) is 1. The summed E-state index contributed by atoms with van der Waals surface area (Å²) in [5.74, 6) is 1.07. The Bertz CT molecular complexity index is 592. The number of fused-ring (bicyclic) bond motifs is 1. The van der Waals surface area contributed by atoms with E-state index in [9.17, 15) is 8.42 Å². The molecule has 0 bridgehead atoms. The SMILES string of the molecule is CC(C#N)S(=O)(=O)Nc1ccc2c(c1)OCCO2. The highest BCUT2D eigenvalue weighted by Gasteiger charge is 2.21. The zero-order chi connectivity index (χ0) is 13.2. The van der Waals surface area contributed by atoms with E-state index in [0.717, 1.165) is 0 Å². The fraction of sp³-hybridized carbons (Fsp3) is 0.364. The molecular formula is C11H12N2O4S. The Morgan fingerprint density at radius 1 is 1.33 bits per heavy atom. The standard InChI is InChI=1S/C11H12N2O4S/c1-8(7-12)18(14,15)13-9-2-3-10-11(6-9)17-5-4-16-10/h2-3,6,8,13H,4-5H2,1H3. The Morgan fingerprint density at radius 2 is 2.00 bits per heavy atom. The van der Waals surface area contributed by atoms with Crippen LogP contribution in [0, 0.1) is 11.3 Å². The van der Waals surface area contributed by atoms with E-state index < -0.39 is 15.3 Å². The highest BCUT2D eigenvalue weighted by atomic mass is 32.2. The Morgan fingerprint density at radius 3 is 2.67 bits per heavy atom.